The van der Waals surface area contributed by atoms with Crippen molar-refractivity contribution in [1.29, 1.82) is 0 Å². The zero-order chi connectivity index (χ0) is 19.3. The van der Waals surface area contributed by atoms with E-state index in [-0.39, 0.29) is 16.5 Å². The van der Waals surface area contributed by atoms with E-state index in [0.29, 0.717) is 12.1 Å². The van der Waals surface area contributed by atoms with Gasteiger partial charge in [-0.05, 0) is 29.8 Å². The van der Waals surface area contributed by atoms with Gasteiger partial charge in [-0.15, -0.1) is 0 Å². The van der Waals surface area contributed by atoms with Crippen LogP contribution in [0.2, 0.25) is 0 Å². The number of nitrogens with zero attached hydrogens (tertiary/aromatic N) is 1. The fourth-order valence-corrected chi connectivity index (χ4v) is 3.80. The van der Waals surface area contributed by atoms with E-state index in [9.17, 15) is 13.2 Å². The molecule has 0 saturated heterocycles. The van der Waals surface area contributed by atoms with Gasteiger partial charge in [0.05, 0.1) is 16.1 Å². The molecule has 0 bridgehead atoms. The van der Waals surface area contributed by atoms with Crippen LogP contribution in [0.1, 0.15) is 15.9 Å². The molecular formula is C21H20N2O3S. The molecular weight excluding hydrogens is 360 g/mol. The van der Waals surface area contributed by atoms with Gasteiger partial charge in [0, 0.05) is 13.6 Å². The number of anilines is 1. The second-order valence-electron chi connectivity index (χ2n) is 6.11. The molecule has 3 rings (SSSR count). The Bertz CT molecular complexity index is 1020. The Morgan fingerprint density at radius 2 is 1.41 bits per heavy atom. The lowest BCUT2D eigenvalue weighted by atomic mass is 10.1. The fraction of sp³-hybridized carbons (Fsp3) is 0.0952. The van der Waals surface area contributed by atoms with Gasteiger partial charge in [0.1, 0.15) is 0 Å². The first-order valence-corrected chi connectivity index (χ1v) is 9.92. The Hall–Kier alpha value is -3.12. The topological polar surface area (TPSA) is 66.5 Å². The largest absolute Gasteiger partial charge is 0.337 e. The maximum absolute atomic E-state index is 12.9. The molecule has 3 aromatic rings. The van der Waals surface area contributed by atoms with Gasteiger partial charge >= 0.3 is 0 Å². The molecule has 1 amide bonds. The van der Waals surface area contributed by atoms with E-state index in [1.165, 1.54) is 12.1 Å². The van der Waals surface area contributed by atoms with Gasteiger partial charge in [-0.3, -0.25) is 9.52 Å². The first-order chi connectivity index (χ1) is 13.0. The maximum atomic E-state index is 12.9. The quantitative estimate of drug-likeness (QED) is 0.708. The summed E-state index contributed by atoms with van der Waals surface area (Å²) in [6, 6.07) is 24.3. The summed E-state index contributed by atoms with van der Waals surface area (Å²) in [7, 11) is -2.08. The number of carbonyl (C=O) groups is 1. The van der Waals surface area contributed by atoms with Gasteiger partial charge in [-0.25, -0.2) is 8.42 Å². The molecule has 27 heavy (non-hydrogen) atoms. The predicted molar refractivity (Wildman–Crippen MR) is 106 cm³/mol. The van der Waals surface area contributed by atoms with Crippen LogP contribution < -0.4 is 4.72 Å². The molecule has 6 heteroatoms. The van der Waals surface area contributed by atoms with Gasteiger partial charge in [0.25, 0.3) is 15.9 Å². The summed E-state index contributed by atoms with van der Waals surface area (Å²) in [5.74, 6) is -0.259. The number of sulfonamides is 1. The summed E-state index contributed by atoms with van der Waals surface area (Å²) < 4.78 is 27.7. The number of amides is 1. The van der Waals surface area contributed by atoms with Crippen LogP contribution in [-0.2, 0) is 16.6 Å². The minimum atomic E-state index is -3.77. The van der Waals surface area contributed by atoms with Crippen molar-refractivity contribution < 1.29 is 13.2 Å². The zero-order valence-corrected chi connectivity index (χ0v) is 15.7. The highest BCUT2D eigenvalue weighted by Gasteiger charge is 2.20. The SMILES string of the molecule is CN(Cc1ccccc1)C(=O)c1ccccc1NS(=O)(=O)c1ccccc1. The molecule has 138 valence electrons. The Balaban J connectivity index is 1.84. The standard InChI is InChI=1S/C21H20N2O3S/c1-23(16-17-10-4-2-5-11-17)21(24)19-14-8-9-15-20(19)22-27(25,26)18-12-6-3-7-13-18/h2-15,22H,16H2,1H3. The van der Waals surface area contributed by atoms with Gasteiger partial charge in [0.15, 0.2) is 0 Å². The number of para-hydroxylation sites is 1. The Labute approximate surface area is 159 Å². The van der Waals surface area contributed by atoms with E-state index in [1.54, 1.807) is 54.4 Å². The molecule has 0 radical (unpaired) electrons. The predicted octanol–water partition coefficient (Wildman–Crippen LogP) is 3.76. The summed E-state index contributed by atoms with van der Waals surface area (Å²) in [4.78, 5) is 14.6. The summed E-state index contributed by atoms with van der Waals surface area (Å²) >= 11 is 0. The normalized spacial score (nSPS) is 11.0. The van der Waals surface area contributed by atoms with Crippen molar-refractivity contribution in [1.82, 2.24) is 4.90 Å². The molecule has 0 aromatic heterocycles. The molecule has 0 aliphatic rings. The number of hydrogen-bond donors (Lipinski definition) is 1. The monoisotopic (exact) mass is 380 g/mol. The lowest BCUT2D eigenvalue weighted by Gasteiger charge is -2.19. The molecule has 0 heterocycles. The molecule has 1 N–H and O–H groups in total. The molecule has 0 aliphatic carbocycles. The average Bonchev–Trinajstić information content (AvgIpc) is 2.69. The molecule has 0 fully saturated rings. The van der Waals surface area contributed by atoms with Crippen molar-refractivity contribution in [2.75, 3.05) is 11.8 Å². The Morgan fingerprint density at radius 1 is 0.852 bits per heavy atom. The highest BCUT2D eigenvalue weighted by Crippen LogP contribution is 2.22. The number of hydrogen-bond acceptors (Lipinski definition) is 3. The van der Waals surface area contributed by atoms with Crippen LogP contribution in [-0.4, -0.2) is 26.3 Å². The average molecular weight is 380 g/mol. The number of benzene rings is 3. The lowest BCUT2D eigenvalue weighted by molar-refractivity contribution is 0.0786. The van der Waals surface area contributed by atoms with Crippen LogP contribution >= 0.6 is 0 Å². The van der Waals surface area contributed by atoms with E-state index >= 15 is 0 Å². The Kier molecular flexibility index (Phi) is 5.57. The maximum Gasteiger partial charge on any atom is 0.261 e. The molecule has 0 aliphatic heterocycles. The number of nitrogens with one attached hydrogen (secondary N) is 1. The van der Waals surface area contributed by atoms with E-state index in [1.807, 2.05) is 30.3 Å². The van der Waals surface area contributed by atoms with Crippen molar-refractivity contribution in [3.05, 3.63) is 96.1 Å². The lowest BCUT2D eigenvalue weighted by Crippen LogP contribution is -2.27. The van der Waals surface area contributed by atoms with Gasteiger partial charge in [-0.2, -0.15) is 0 Å². The van der Waals surface area contributed by atoms with Crippen LogP contribution in [0.5, 0.6) is 0 Å². The van der Waals surface area contributed by atoms with Crippen molar-refractivity contribution in [2.24, 2.45) is 0 Å². The fourth-order valence-electron chi connectivity index (χ4n) is 2.70. The van der Waals surface area contributed by atoms with E-state index in [0.717, 1.165) is 5.56 Å². The van der Waals surface area contributed by atoms with Crippen molar-refractivity contribution in [3.8, 4) is 0 Å². The van der Waals surface area contributed by atoms with E-state index in [4.69, 9.17) is 0 Å². The third kappa shape index (κ3) is 4.54. The summed E-state index contributed by atoms with van der Waals surface area (Å²) in [6.07, 6.45) is 0. The van der Waals surface area contributed by atoms with Crippen LogP contribution in [0.3, 0.4) is 0 Å². The van der Waals surface area contributed by atoms with Crippen LogP contribution in [0.15, 0.2) is 89.8 Å². The van der Waals surface area contributed by atoms with Crippen molar-refractivity contribution >= 4 is 21.6 Å². The van der Waals surface area contributed by atoms with E-state index in [2.05, 4.69) is 4.72 Å². The smallest absolute Gasteiger partial charge is 0.261 e. The first kappa shape index (κ1) is 18.7. The highest BCUT2D eigenvalue weighted by molar-refractivity contribution is 7.92. The van der Waals surface area contributed by atoms with Gasteiger partial charge < -0.3 is 4.90 Å². The Morgan fingerprint density at radius 3 is 2.07 bits per heavy atom. The van der Waals surface area contributed by atoms with Crippen molar-refractivity contribution in [3.63, 3.8) is 0 Å². The molecule has 0 saturated carbocycles. The van der Waals surface area contributed by atoms with Gasteiger partial charge in [-0.1, -0.05) is 60.7 Å². The van der Waals surface area contributed by atoms with Crippen molar-refractivity contribution in [2.45, 2.75) is 11.4 Å². The minimum absolute atomic E-state index is 0.143. The molecule has 3 aromatic carbocycles. The molecule has 0 spiro atoms. The molecule has 0 unspecified atom stereocenters. The molecule has 5 nitrogen and oxygen atoms in total. The third-order valence-electron chi connectivity index (χ3n) is 4.06. The van der Waals surface area contributed by atoms with Crippen LogP contribution in [0.25, 0.3) is 0 Å². The highest BCUT2D eigenvalue weighted by atomic mass is 32.2. The summed E-state index contributed by atoms with van der Waals surface area (Å²) in [5.41, 5.74) is 1.55. The third-order valence-corrected chi connectivity index (χ3v) is 5.45. The summed E-state index contributed by atoms with van der Waals surface area (Å²) in [6.45, 7) is 0.430. The summed E-state index contributed by atoms with van der Waals surface area (Å²) in [5, 5.41) is 0. The van der Waals surface area contributed by atoms with Crippen LogP contribution in [0, 0.1) is 0 Å². The second-order valence-corrected chi connectivity index (χ2v) is 7.79. The number of carbonyl (C=O) groups excluding carboxylic acids is 1. The zero-order valence-electron chi connectivity index (χ0n) is 14.9. The second kappa shape index (κ2) is 8.05. The van der Waals surface area contributed by atoms with Gasteiger partial charge in [0.2, 0.25) is 0 Å². The van der Waals surface area contributed by atoms with E-state index < -0.39 is 10.0 Å². The minimum Gasteiger partial charge on any atom is -0.337 e. The van der Waals surface area contributed by atoms with Crippen LogP contribution in [0.4, 0.5) is 5.69 Å². The first-order valence-electron chi connectivity index (χ1n) is 8.44. The number of rotatable bonds is 6. The molecule has 0 atom stereocenters.